The Morgan fingerprint density at radius 1 is 1.15 bits per heavy atom. The van der Waals surface area contributed by atoms with Gasteiger partial charge in [-0.1, -0.05) is 17.3 Å². The summed E-state index contributed by atoms with van der Waals surface area (Å²) in [6.07, 6.45) is 3.42. The minimum atomic E-state index is -4.80. The number of fused-ring (bicyclic) bond motifs is 3. The molecule has 3 aromatic heterocycles. The summed E-state index contributed by atoms with van der Waals surface area (Å²) in [4.78, 5) is 8.26. The smallest absolute Gasteiger partial charge is 0.375 e. The second kappa shape index (κ2) is 8.86. The van der Waals surface area contributed by atoms with Crippen LogP contribution in [0.4, 0.5) is 13.2 Å². The van der Waals surface area contributed by atoms with Gasteiger partial charge in [0.25, 0.3) is 0 Å². The summed E-state index contributed by atoms with van der Waals surface area (Å²) in [5.41, 5.74) is -0.520. The number of halogens is 3. The first-order valence-electron chi connectivity index (χ1n) is 11.1. The van der Waals surface area contributed by atoms with Crippen LogP contribution < -0.4 is 5.32 Å². The Morgan fingerprint density at radius 2 is 1.88 bits per heavy atom. The van der Waals surface area contributed by atoms with E-state index in [9.17, 15) is 18.3 Å². The predicted molar refractivity (Wildman–Crippen MR) is 124 cm³/mol. The van der Waals surface area contributed by atoms with E-state index in [0.29, 0.717) is 12.8 Å². The van der Waals surface area contributed by atoms with Gasteiger partial charge < -0.3 is 15.4 Å². The topological polar surface area (TPSA) is 91.1 Å². The van der Waals surface area contributed by atoms with E-state index in [0.717, 1.165) is 40.0 Å². The molecule has 11 heteroatoms. The molecular weight excluding hydrogens is 465 g/mol. The van der Waals surface area contributed by atoms with Crippen LogP contribution in [0.15, 0.2) is 47.8 Å². The van der Waals surface area contributed by atoms with Crippen molar-refractivity contribution in [1.82, 2.24) is 30.1 Å². The average Bonchev–Trinajstić information content (AvgIpc) is 3.49. The number of hydrogen-bond donors (Lipinski definition) is 3. The lowest BCUT2D eigenvalue weighted by molar-refractivity contribution is -0.264. The number of benzene rings is 1. The Labute approximate surface area is 198 Å². The summed E-state index contributed by atoms with van der Waals surface area (Å²) in [5.74, 6) is 0.164. The third-order valence-electron chi connectivity index (χ3n) is 6.79. The van der Waals surface area contributed by atoms with E-state index < -0.39 is 18.3 Å². The van der Waals surface area contributed by atoms with Crippen LogP contribution in [0.2, 0.25) is 0 Å². The average molecular weight is 491 g/mol. The molecule has 0 bridgehead atoms. The van der Waals surface area contributed by atoms with E-state index in [1.54, 1.807) is 23.0 Å². The van der Waals surface area contributed by atoms with Gasteiger partial charge in [-0.3, -0.25) is 0 Å². The Balaban J connectivity index is 1.28. The predicted octanol–water partition coefficient (Wildman–Crippen LogP) is 4.39. The second-order valence-electron chi connectivity index (χ2n) is 8.77. The molecule has 3 heterocycles. The molecule has 7 nitrogen and oxygen atoms in total. The summed E-state index contributed by atoms with van der Waals surface area (Å²) in [6, 6.07) is 7.73. The third-order valence-corrected chi connectivity index (χ3v) is 7.54. The number of alkyl halides is 3. The molecule has 1 saturated carbocycles. The highest BCUT2D eigenvalue weighted by Gasteiger charge is 2.55. The summed E-state index contributed by atoms with van der Waals surface area (Å²) in [6.45, 7) is -0.588. The molecule has 0 radical (unpaired) electrons. The third kappa shape index (κ3) is 4.05. The number of nitrogens with zero attached hydrogens (tertiary/aromatic N) is 4. The van der Waals surface area contributed by atoms with Crippen molar-refractivity contribution in [1.29, 1.82) is 0 Å². The van der Waals surface area contributed by atoms with E-state index >= 15 is 0 Å². The molecule has 1 fully saturated rings. The van der Waals surface area contributed by atoms with Crippen molar-refractivity contribution >= 4 is 28.3 Å². The number of aromatic amines is 1. The maximum atomic E-state index is 13.9. The maximum absolute atomic E-state index is 13.9. The van der Waals surface area contributed by atoms with Crippen molar-refractivity contribution in [2.45, 2.75) is 54.3 Å². The Hall–Kier alpha value is -2.63. The van der Waals surface area contributed by atoms with E-state index in [-0.39, 0.29) is 17.5 Å². The van der Waals surface area contributed by atoms with Crippen molar-refractivity contribution in [2.24, 2.45) is 0 Å². The van der Waals surface area contributed by atoms with Crippen LogP contribution in [0, 0.1) is 0 Å². The first-order valence-corrected chi connectivity index (χ1v) is 12.4. The molecular formula is C23H25F3N6OS. The molecule has 1 unspecified atom stereocenters. The molecule has 1 aromatic carbocycles. The minimum absolute atomic E-state index is 0.119. The lowest BCUT2D eigenvalue weighted by Crippen LogP contribution is -2.52. The van der Waals surface area contributed by atoms with Gasteiger partial charge in [-0.25, -0.2) is 9.50 Å². The van der Waals surface area contributed by atoms with Gasteiger partial charge in [-0.05, 0) is 55.7 Å². The zero-order valence-corrected chi connectivity index (χ0v) is 19.3. The zero-order valence-electron chi connectivity index (χ0n) is 18.5. The molecule has 180 valence electrons. The fourth-order valence-corrected chi connectivity index (χ4v) is 5.20. The highest BCUT2D eigenvalue weighted by molar-refractivity contribution is 7.98. The van der Waals surface area contributed by atoms with E-state index in [1.807, 2.05) is 18.5 Å². The van der Waals surface area contributed by atoms with Gasteiger partial charge in [-0.15, -0.1) is 16.9 Å². The fraction of sp³-hybridized carbons (Fsp3) is 0.435. The number of hydrogen-bond acceptors (Lipinski definition) is 6. The summed E-state index contributed by atoms with van der Waals surface area (Å²) in [7, 11) is 0. The Morgan fingerprint density at radius 3 is 2.56 bits per heavy atom. The molecule has 0 saturated heterocycles. The largest absolute Gasteiger partial charge is 0.422 e. The normalized spacial score (nSPS) is 21.2. The number of aromatic nitrogens is 5. The zero-order chi connectivity index (χ0) is 23.9. The number of H-pyrrole nitrogens is 1. The Kier molecular flexibility index (Phi) is 6.03. The molecule has 1 atom stereocenters. The summed E-state index contributed by atoms with van der Waals surface area (Å²) >= 11 is 1.44. The number of thioether (sulfide) groups is 1. The van der Waals surface area contributed by atoms with Crippen LogP contribution in [0.3, 0.4) is 0 Å². The quantitative estimate of drug-likeness (QED) is 0.347. The first kappa shape index (κ1) is 23.1. The maximum Gasteiger partial charge on any atom is 0.422 e. The van der Waals surface area contributed by atoms with Gasteiger partial charge in [0.05, 0.1) is 5.69 Å². The van der Waals surface area contributed by atoms with Crippen LogP contribution in [0.5, 0.6) is 0 Å². The van der Waals surface area contributed by atoms with Gasteiger partial charge in [0.2, 0.25) is 0 Å². The Bertz CT molecular complexity index is 1280. The van der Waals surface area contributed by atoms with Gasteiger partial charge in [0, 0.05) is 35.0 Å². The monoisotopic (exact) mass is 490 g/mol. The van der Waals surface area contributed by atoms with Crippen LogP contribution in [0.1, 0.15) is 42.9 Å². The second-order valence-corrected chi connectivity index (χ2v) is 9.65. The van der Waals surface area contributed by atoms with E-state index in [4.69, 9.17) is 0 Å². The van der Waals surface area contributed by atoms with E-state index in [2.05, 4.69) is 25.6 Å². The van der Waals surface area contributed by atoms with Crippen LogP contribution in [-0.2, 0) is 5.60 Å². The molecule has 1 aliphatic carbocycles. The molecule has 0 aliphatic heterocycles. The molecule has 0 spiro atoms. The lowest BCUT2D eigenvalue weighted by atomic mass is 9.83. The minimum Gasteiger partial charge on any atom is -0.375 e. The van der Waals surface area contributed by atoms with Crippen molar-refractivity contribution in [2.75, 3.05) is 12.8 Å². The SMILES string of the molecule is CSc1ccc(C(O)(CNC2CCC(c3nnn4cnc5[nH]ccc5c34)CC2)C(F)(F)F)cc1. The molecule has 3 N–H and O–H groups in total. The fourth-order valence-electron chi connectivity index (χ4n) is 4.79. The first-order chi connectivity index (χ1) is 16.3. The van der Waals surface area contributed by atoms with E-state index in [1.165, 1.54) is 23.9 Å². The number of aliphatic hydroxyl groups is 1. The van der Waals surface area contributed by atoms with Crippen molar-refractivity contribution in [3.63, 3.8) is 0 Å². The standard InChI is InChI=1S/C23H25F3N6OS/c1-34-17-8-4-15(5-9-17)22(33,23(24,25)26)12-28-16-6-2-14(3-7-16)19-20-18-10-11-27-21(18)29-13-32(20)31-30-19/h4-5,8-11,13-14,16,27-28,33H,2-3,6-7,12H2,1H3. The molecule has 5 rings (SSSR count). The van der Waals surface area contributed by atoms with Gasteiger partial charge in [0.1, 0.15) is 17.5 Å². The van der Waals surface area contributed by atoms with Gasteiger partial charge >= 0.3 is 6.18 Å². The number of nitrogens with one attached hydrogen (secondary N) is 2. The van der Waals surface area contributed by atoms with Crippen LogP contribution >= 0.6 is 11.8 Å². The van der Waals surface area contributed by atoms with Crippen molar-refractivity contribution in [3.05, 3.63) is 54.1 Å². The van der Waals surface area contributed by atoms with Crippen LogP contribution in [0.25, 0.3) is 16.6 Å². The summed E-state index contributed by atoms with van der Waals surface area (Å²) < 4.78 is 43.4. The molecule has 0 amide bonds. The molecule has 1 aliphatic rings. The van der Waals surface area contributed by atoms with Crippen molar-refractivity contribution < 1.29 is 18.3 Å². The van der Waals surface area contributed by atoms with Gasteiger partial charge in [0.15, 0.2) is 5.60 Å². The highest BCUT2D eigenvalue weighted by atomic mass is 32.2. The summed E-state index contributed by atoms with van der Waals surface area (Å²) in [5, 5.41) is 23.2. The molecule has 4 aromatic rings. The highest BCUT2D eigenvalue weighted by Crippen LogP contribution is 2.40. The van der Waals surface area contributed by atoms with Crippen molar-refractivity contribution in [3.8, 4) is 0 Å². The van der Waals surface area contributed by atoms with Crippen LogP contribution in [-0.4, -0.2) is 54.9 Å². The lowest BCUT2D eigenvalue weighted by Gasteiger charge is -2.35. The number of rotatable bonds is 6. The van der Waals surface area contributed by atoms with Gasteiger partial charge in [-0.2, -0.15) is 13.2 Å². The molecule has 34 heavy (non-hydrogen) atoms.